The second-order valence-corrected chi connectivity index (χ2v) is 10.3. The number of nitrogens with zero attached hydrogens (tertiary/aromatic N) is 3. The van der Waals surface area contributed by atoms with Crippen LogP contribution in [0.25, 0.3) is 16.6 Å². The Bertz CT molecular complexity index is 2030. The molecule has 0 aliphatic carbocycles. The van der Waals surface area contributed by atoms with Crippen molar-refractivity contribution in [3.05, 3.63) is 111 Å². The number of hydrogen-bond donors (Lipinski definition) is 1. The molecule has 2 aromatic heterocycles. The first-order valence-corrected chi connectivity index (χ1v) is 14.7. The predicted octanol–water partition coefficient (Wildman–Crippen LogP) is 5.70. The number of pyridine rings is 1. The molecule has 1 N–H and O–H groups in total. The van der Waals surface area contributed by atoms with E-state index in [0.717, 1.165) is 41.8 Å². The number of hydrogen-bond acceptors (Lipinski definition) is 8. The van der Waals surface area contributed by atoms with Crippen molar-refractivity contribution < 1.29 is 32.5 Å². The monoisotopic (exact) mass is 646 g/mol. The molecule has 47 heavy (non-hydrogen) atoms. The molecule has 5 rings (SSSR count). The summed E-state index contributed by atoms with van der Waals surface area (Å²) >= 11 is 0. The van der Waals surface area contributed by atoms with E-state index in [4.69, 9.17) is 18.9 Å². The van der Waals surface area contributed by atoms with E-state index in [-0.39, 0.29) is 30.3 Å². The number of amides is 1. The van der Waals surface area contributed by atoms with Crippen LogP contribution < -0.4 is 30.8 Å². The summed E-state index contributed by atoms with van der Waals surface area (Å²) < 4.78 is 53.0. The highest BCUT2D eigenvalue weighted by atomic mass is 19.1. The van der Waals surface area contributed by atoms with E-state index in [9.17, 15) is 18.8 Å². The summed E-state index contributed by atoms with van der Waals surface area (Å²) in [7, 11) is 2.99. The van der Waals surface area contributed by atoms with Gasteiger partial charge in [-0.05, 0) is 55.0 Å². The maximum absolute atomic E-state index is 15.3. The molecule has 11 nitrogen and oxygen atoms in total. The second kappa shape index (κ2) is 14.7. The molecule has 2 heterocycles. The normalized spacial score (nSPS) is 11.0. The lowest BCUT2D eigenvalue weighted by molar-refractivity contribution is 0.102. The van der Waals surface area contributed by atoms with Gasteiger partial charge in [-0.25, -0.2) is 18.1 Å². The molecule has 0 aliphatic rings. The highest BCUT2D eigenvalue weighted by Crippen LogP contribution is 2.37. The van der Waals surface area contributed by atoms with Gasteiger partial charge < -0.3 is 24.3 Å². The number of aromatic nitrogens is 3. The summed E-state index contributed by atoms with van der Waals surface area (Å²) in [6.07, 6.45) is 4.40. The van der Waals surface area contributed by atoms with E-state index in [1.54, 1.807) is 18.2 Å². The maximum atomic E-state index is 15.3. The molecule has 0 aliphatic heterocycles. The topological polar surface area (TPSA) is 123 Å². The van der Waals surface area contributed by atoms with Gasteiger partial charge in [0.2, 0.25) is 0 Å². The van der Waals surface area contributed by atoms with Gasteiger partial charge in [-0.1, -0.05) is 13.3 Å². The number of benzene rings is 3. The number of unbranched alkanes of at least 4 members (excludes halogenated alkanes) is 1. The van der Waals surface area contributed by atoms with Crippen molar-refractivity contribution in [1.82, 2.24) is 14.1 Å². The number of fused-ring (bicyclic) bond motifs is 1. The summed E-state index contributed by atoms with van der Waals surface area (Å²) in [4.78, 5) is 44.4. The number of halogens is 2. The van der Waals surface area contributed by atoms with Crippen molar-refractivity contribution in [1.29, 1.82) is 0 Å². The number of anilines is 1. The van der Waals surface area contributed by atoms with Gasteiger partial charge in [0.05, 0.1) is 38.6 Å². The SMILES string of the molecule is CCCCOCCn1cc(C(=O)Nc2ccc(Oc3ccnc4cc(OC)c(OC)cc34)c(F)c2)c(=O)n(-c2ccc(F)cc2)c1=O. The van der Waals surface area contributed by atoms with Gasteiger partial charge >= 0.3 is 5.69 Å². The minimum atomic E-state index is -0.931. The van der Waals surface area contributed by atoms with E-state index < -0.39 is 34.4 Å². The fourth-order valence-electron chi connectivity index (χ4n) is 4.76. The zero-order valence-electron chi connectivity index (χ0n) is 25.9. The van der Waals surface area contributed by atoms with Gasteiger partial charge in [0.25, 0.3) is 11.5 Å². The highest BCUT2D eigenvalue weighted by Gasteiger charge is 2.20. The number of rotatable bonds is 13. The Balaban J connectivity index is 1.42. The van der Waals surface area contributed by atoms with Gasteiger partial charge in [-0.3, -0.25) is 19.1 Å². The molecule has 0 spiro atoms. The Kier molecular flexibility index (Phi) is 10.3. The standard InChI is InChI=1S/C34H32F2N4O7/c1-4-5-15-46-16-14-39-20-25(33(42)40(34(39)43)23-9-6-21(35)7-10-23)32(41)38-22-8-11-29(26(36)17-22)47-28-12-13-37-27-19-31(45-3)30(44-2)18-24(27)28/h6-13,17-20H,4-5,14-16H2,1-3H3,(H,38,41). The van der Waals surface area contributed by atoms with Crippen LogP contribution in [0.1, 0.15) is 30.1 Å². The lowest BCUT2D eigenvalue weighted by Gasteiger charge is -2.14. The van der Waals surface area contributed by atoms with E-state index in [1.165, 1.54) is 49.2 Å². The number of ether oxygens (including phenoxy) is 4. The van der Waals surface area contributed by atoms with Crippen LogP contribution >= 0.6 is 0 Å². The second-order valence-electron chi connectivity index (χ2n) is 10.3. The molecular formula is C34H32F2N4O7. The van der Waals surface area contributed by atoms with Crippen molar-refractivity contribution in [2.45, 2.75) is 26.3 Å². The Morgan fingerprint density at radius 1 is 0.894 bits per heavy atom. The van der Waals surface area contributed by atoms with E-state index in [2.05, 4.69) is 10.3 Å². The van der Waals surface area contributed by atoms with E-state index >= 15 is 4.39 Å². The van der Waals surface area contributed by atoms with E-state index in [1.807, 2.05) is 6.92 Å². The first-order valence-electron chi connectivity index (χ1n) is 14.7. The predicted molar refractivity (Wildman–Crippen MR) is 171 cm³/mol. The van der Waals surface area contributed by atoms with Gasteiger partial charge in [-0.15, -0.1) is 0 Å². The van der Waals surface area contributed by atoms with Gasteiger partial charge in [0, 0.05) is 42.2 Å². The van der Waals surface area contributed by atoms with Gasteiger partial charge in [0.15, 0.2) is 23.1 Å². The van der Waals surface area contributed by atoms with Crippen LogP contribution in [-0.2, 0) is 11.3 Å². The first kappa shape index (κ1) is 32.8. The Hall–Kier alpha value is -5.56. The molecule has 0 unspecified atom stereocenters. The van der Waals surface area contributed by atoms with Crippen molar-refractivity contribution in [3.63, 3.8) is 0 Å². The quantitative estimate of drug-likeness (QED) is 0.162. The number of carbonyl (C=O) groups excluding carboxylic acids is 1. The average molecular weight is 647 g/mol. The molecule has 244 valence electrons. The molecule has 0 bridgehead atoms. The summed E-state index contributed by atoms with van der Waals surface area (Å²) in [5.41, 5.74) is -1.42. The summed E-state index contributed by atoms with van der Waals surface area (Å²) in [6.45, 7) is 2.71. The number of carbonyl (C=O) groups is 1. The van der Waals surface area contributed by atoms with Crippen molar-refractivity contribution >= 4 is 22.5 Å². The average Bonchev–Trinajstić information content (AvgIpc) is 3.07. The Morgan fingerprint density at radius 3 is 2.34 bits per heavy atom. The maximum Gasteiger partial charge on any atom is 0.335 e. The van der Waals surface area contributed by atoms with E-state index in [0.29, 0.717) is 34.8 Å². The van der Waals surface area contributed by atoms with Crippen LogP contribution in [0.15, 0.2) is 82.6 Å². The van der Waals surface area contributed by atoms with Crippen LogP contribution in [-0.4, -0.2) is 47.5 Å². The van der Waals surface area contributed by atoms with Crippen LogP contribution in [0.5, 0.6) is 23.0 Å². The molecule has 0 atom stereocenters. The minimum absolute atomic E-state index is 0.0271. The fourth-order valence-corrected chi connectivity index (χ4v) is 4.76. The summed E-state index contributed by atoms with van der Waals surface area (Å²) in [5.74, 6) is -1.19. The van der Waals surface area contributed by atoms with Crippen molar-refractivity contribution in [3.8, 4) is 28.7 Å². The lowest BCUT2D eigenvalue weighted by Crippen LogP contribution is -2.42. The van der Waals surface area contributed by atoms with Gasteiger partial charge in [-0.2, -0.15) is 0 Å². The summed E-state index contributed by atoms with van der Waals surface area (Å²) in [6, 6.07) is 13.4. The Labute approximate surface area is 267 Å². The Morgan fingerprint density at radius 2 is 1.64 bits per heavy atom. The van der Waals surface area contributed by atoms with Crippen molar-refractivity contribution in [2.75, 3.05) is 32.8 Å². The third kappa shape index (κ3) is 7.31. The molecule has 0 saturated heterocycles. The lowest BCUT2D eigenvalue weighted by atomic mass is 10.1. The molecular weight excluding hydrogens is 614 g/mol. The van der Waals surface area contributed by atoms with Crippen LogP contribution in [0.4, 0.5) is 14.5 Å². The zero-order valence-corrected chi connectivity index (χ0v) is 25.9. The smallest absolute Gasteiger partial charge is 0.335 e. The largest absolute Gasteiger partial charge is 0.493 e. The molecule has 1 amide bonds. The zero-order chi connectivity index (χ0) is 33.5. The van der Waals surface area contributed by atoms with Crippen LogP contribution in [0.3, 0.4) is 0 Å². The third-order valence-electron chi connectivity index (χ3n) is 7.22. The molecule has 3 aromatic carbocycles. The van der Waals surface area contributed by atoms with Crippen LogP contribution in [0, 0.1) is 11.6 Å². The molecule has 13 heteroatoms. The molecule has 0 saturated carbocycles. The third-order valence-corrected chi connectivity index (χ3v) is 7.22. The molecule has 0 fully saturated rings. The first-order chi connectivity index (χ1) is 22.7. The van der Waals surface area contributed by atoms with Gasteiger partial charge in [0.1, 0.15) is 17.1 Å². The summed E-state index contributed by atoms with van der Waals surface area (Å²) in [5, 5.41) is 3.06. The minimum Gasteiger partial charge on any atom is -0.493 e. The van der Waals surface area contributed by atoms with Crippen LogP contribution in [0.2, 0.25) is 0 Å². The van der Waals surface area contributed by atoms with Crippen molar-refractivity contribution in [2.24, 2.45) is 0 Å². The number of methoxy groups -OCH3 is 2. The number of nitrogens with one attached hydrogen (secondary N) is 1. The highest BCUT2D eigenvalue weighted by molar-refractivity contribution is 6.04. The molecule has 5 aromatic rings. The molecule has 0 radical (unpaired) electrons. The fraction of sp³-hybridized carbons (Fsp3) is 0.235.